The highest BCUT2D eigenvalue weighted by Crippen LogP contribution is 2.23. The lowest BCUT2D eigenvalue weighted by Gasteiger charge is -2.34. The van der Waals surface area contributed by atoms with E-state index in [4.69, 9.17) is 4.74 Å². The van der Waals surface area contributed by atoms with Gasteiger partial charge in [-0.2, -0.15) is 4.98 Å². The Kier molecular flexibility index (Phi) is 5.68. The van der Waals surface area contributed by atoms with Crippen molar-refractivity contribution < 1.29 is 9.53 Å². The van der Waals surface area contributed by atoms with Crippen LogP contribution < -0.4 is 10.2 Å². The van der Waals surface area contributed by atoms with Crippen molar-refractivity contribution in [2.45, 2.75) is 13.8 Å². The molecule has 1 saturated heterocycles. The molecule has 0 radical (unpaired) electrons. The number of rotatable bonds is 5. The molecule has 7 nitrogen and oxygen atoms in total. The molecule has 1 aliphatic rings. The number of esters is 1. The molecule has 0 spiro atoms. The topological polar surface area (TPSA) is 70.6 Å². The van der Waals surface area contributed by atoms with E-state index in [1.807, 2.05) is 25.1 Å². The molecule has 7 heteroatoms. The molecular weight excluding hydrogens is 330 g/mol. The zero-order valence-corrected chi connectivity index (χ0v) is 15.5. The Labute approximate surface area is 154 Å². The van der Waals surface area contributed by atoms with Crippen LogP contribution in [0.2, 0.25) is 0 Å². The van der Waals surface area contributed by atoms with Crippen LogP contribution >= 0.6 is 0 Å². The number of aryl methyl sites for hydroxylation is 1. The Morgan fingerprint density at radius 3 is 2.62 bits per heavy atom. The van der Waals surface area contributed by atoms with Gasteiger partial charge in [0.1, 0.15) is 5.82 Å². The number of nitrogens with one attached hydrogen (secondary N) is 1. The van der Waals surface area contributed by atoms with Gasteiger partial charge in [0.2, 0.25) is 5.95 Å². The summed E-state index contributed by atoms with van der Waals surface area (Å²) in [7, 11) is 1.38. The fraction of sp³-hybridized carbons (Fsp3) is 0.421. The molecule has 0 aliphatic carbocycles. The number of anilines is 3. The van der Waals surface area contributed by atoms with Crippen molar-refractivity contribution in [3.8, 4) is 0 Å². The van der Waals surface area contributed by atoms with Crippen LogP contribution in [0.5, 0.6) is 0 Å². The summed E-state index contributed by atoms with van der Waals surface area (Å²) in [5.41, 5.74) is 2.02. The van der Waals surface area contributed by atoms with E-state index in [1.54, 1.807) is 12.1 Å². The Bertz CT molecular complexity index is 772. The third-order valence-corrected chi connectivity index (χ3v) is 4.54. The van der Waals surface area contributed by atoms with Crippen LogP contribution in [-0.2, 0) is 4.74 Å². The maximum Gasteiger partial charge on any atom is 0.339 e. The molecule has 0 unspecified atom stereocenters. The summed E-state index contributed by atoms with van der Waals surface area (Å²) in [6, 6.07) is 9.12. The number of carbonyl (C=O) groups is 1. The summed E-state index contributed by atoms with van der Waals surface area (Å²) in [5.74, 6) is 1.01. The zero-order valence-electron chi connectivity index (χ0n) is 15.5. The first kappa shape index (κ1) is 18.1. The number of benzene rings is 1. The lowest BCUT2D eigenvalue weighted by molar-refractivity contribution is 0.0602. The van der Waals surface area contributed by atoms with Gasteiger partial charge in [-0.1, -0.05) is 19.1 Å². The van der Waals surface area contributed by atoms with Gasteiger partial charge in [-0.3, -0.25) is 0 Å². The zero-order chi connectivity index (χ0) is 18.5. The van der Waals surface area contributed by atoms with Crippen molar-refractivity contribution in [3.05, 3.63) is 41.6 Å². The molecule has 2 aromatic rings. The van der Waals surface area contributed by atoms with Crippen molar-refractivity contribution in [2.24, 2.45) is 0 Å². The third kappa shape index (κ3) is 4.11. The molecule has 1 fully saturated rings. The first-order valence-corrected chi connectivity index (χ1v) is 8.88. The Morgan fingerprint density at radius 1 is 1.19 bits per heavy atom. The molecule has 0 bridgehead atoms. The normalized spacial score (nSPS) is 15.0. The summed E-state index contributed by atoms with van der Waals surface area (Å²) in [5, 5.41) is 3.24. The number of nitrogens with zero attached hydrogens (tertiary/aromatic N) is 4. The largest absolute Gasteiger partial charge is 0.465 e. The van der Waals surface area contributed by atoms with E-state index in [1.165, 1.54) is 7.11 Å². The minimum atomic E-state index is -0.380. The molecule has 26 heavy (non-hydrogen) atoms. The van der Waals surface area contributed by atoms with E-state index in [-0.39, 0.29) is 5.97 Å². The van der Waals surface area contributed by atoms with Crippen molar-refractivity contribution in [2.75, 3.05) is 50.1 Å². The molecular formula is C19H25N5O2. The molecule has 0 atom stereocenters. The summed E-state index contributed by atoms with van der Waals surface area (Å²) >= 11 is 0. The smallest absolute Gasteiger partial charge is 0.339 e. The maximum atomic E-state index is 12.0. The number of aromatic nitrogens is 2. The van der Waals surface area contributed by atoms with E-state index >= 15 is 0 Å². The van der Waals surface area contributed by atoms with Crippen molar-refractivity contribution >= 4 is 23.4 Å². The maximum absolute atomic E-state index is 12.0. The van der Waals surface area contributed by atoms with Gasteiger partial charge < -0.3 is 19.9 Å². The van der Waals surface area contributed by atoms with E-state index in [0.29, 0.717) is 17.1 Å². The number of piperazine rings is 1. The molecule has 1 aromatic heterocycles. The lowest BCUT2D eigenvalue weighted by Crippen LogP contribution is -2.46. The predicted molar refractivity (Wildman–Crippen MR) is 102 cm³/mol. The number of hydrogen-bond acceptors (Lipinski definition) is 7. The number of likely N-dealkylation sites (N-methyl/N-ethyl adjacent to an activating group) is 1. The average molecular weight is 355 g/mol. The van der Waals surface area contributed by atoms with Gasteiger partial charge in [0.05, 0.1) is 18.4 Å². The first-order valence-electron chi connectivity index (χ1n) is 8.88. The minimum Gasteiger partial charge on any atom is -0.465 e. The second-order valence-electron chi connectivity index (χ2n) is 6.28. The van der Waals surface area contributed by atoms with E-state index in [9.17, 15) is 4.79 Å². The van der Waals surface area contributed by atoms with Gasteiger partial charge in [-0.25, -0.2) is 9.78 Å². The SMILES string of the molecule is CCN1CCN(c2nc(C)cc(Nc3ccccc3C(=O)OC)n2)CC1. The van der Waals surface area contributed by atoms with E-state index < -0.39 is 0 Å². The standard InChI is InChI=1S/C19H25N5O2/c1-4-23-9-11-24(12-10-23)19-20-14(2)13-17(22-19)21-16-8-6-5-7-15(16)18(25)26-3/h5-8,13H,4,9-12H2,1-3H3,(H,20,21,22). The molecule has 3 rings (SSSR count). The molecule has 1 N–H and O–H groups in total. The predicted octanol–water partition coefficient (Wildman–Crippen LogP) is 2.46. The summed E-state index contributed by atoms with van der Waals surface area (Å²) in [6.07, 6.45) is 0. The molecule has 0 amide bonds. The van der Waals surface area contributed by atoms with Gasteiger partial charge in [0, 0.05) is 37.9 Å². The quantitative estimate of drug-likeness (QED) is 0.826. The monoisotopic (exact) mass is 355 g/mol. The Hall–Kier alpha value is -2.67. The molecule has 1 aromatic carbocycles. The minimum absolute atomic E-state index is 0.380. The van der Waals surface area contributed by atoms with Crippen LogP contribution in [0.25, 0.3) is 0 Å². The van der Waals surface area contributed by atoms with Gasteiger partial charge in [-0.05, 0) is 25.6 Å². The van der Waals surface area contributed by atoms with E-state index in [2.05, 4.69) is 32.0 Å². The van der Waals surface area contributed by atoms with Gasteiger partial charge >= 0.3 is 5.97 Å². The van der Waals surface area contributed by atoms with Crippen LogP contribution in [0.15, 0.2) is 30.3 Å². The summed E-state index contributed by atoms with van der Waals surface area (Å²) in [4.78, 5) is 25.8. The van der Waals surface area contributed by atoms with Crippen LogP contribution in [-0.4, -0.2) is 60.7 Å². The van der Waals surface area contributed by atoms with Crippen molar-refractivity contribution in [3.63, 3.8) is 0 Å². The number of carbonyl (C=O) groups excluding carboxylic acids is 1. The highest BCUT2D eigenvalue weighted by Gasteiger charge is 2.19. The Balaban J connectivity index is 1.82. The van der Waals surface area contributed by atoms with Crippen LogP contribution in [0.4, 0.5) is 17.5 Å². The van der Waals surface area contributed by atoms with E-state index in [0.717, 1.165) is 44.4 Å². The van der Waals surface area contributed by atoms with Crippen molar-refractivity contribution in [1.29, 1.82) is 0 Å². The van der Waals surface area contributed by atoms with Gasteiger partial charge in [0.25, 0.3) is 0 Å². The highest BCUT2D eigenvalue weighted by molar-refractivity contribution is 5.96. The number of methoxy groups -OCH3 is 1. The summed E-state index contributed by atoms with van der Waals surface area (Å²) in [6.45, 7) is 9.05. The second-order valence-corrected chi connectivity index (χ2v) is 6.28. The number of ether oxygens (including phenoxy) is 1. The summed E-state index contributed by atoms with van der Waals surface area (Å²) < 4.78 is 4.85. The lowest BCUT2D eigenvalue weighted by atomic mass is 10.2. The fourth-order valence-electron chi connectivity index (χ4n) is 3.04. The van der Waals surface area contributed by atoms with Crippen molar-refractivity contribution in [1.82, 2.24) is 14.9 Å². The van der Waals surface area contributed by atoms with Crippen LogP contribution in [0, 0.1) is 6.92 Å². The third-order valence-electron chi connectivity index (χ3n) is 4.54. The Morgan fingerprint density at radius 2 is 1.92 bits per heavy atom. The molecule has 138 valence electrons. The van der Waals surface area contributed by atoms with Gasteiger partial charge in [-0.15, -0.1) is 0 Å². The molecule has 1 aliphatic heterocycles. The highest BCUT2D eigenvalue weighted by atomic mass is 16.5. The number of hydrogen-bond donors (Lipinski definition) is 1. The van der Waals surface area contributed by atoms with Crippen LogP contribution in [0.3, 0.4) is 0 Å². The second kappa shape index (κ2) is 8.14. The van der Waals surface area contributed by atoms with Crippen LogP contribution in [0.1, 0.15) is 23.0 Å². The molecule has 0 saturated carbocycles. The van der Waals surface area contributed by atoms with Gasteiger partial charge in [0.15, 0.2) is 0 Å². The first-order chi connectivity index (χ1) is 12.6. The molecule has 2 heterocycles. The average Bonchev–Trinajstić information content (AvgIpc) is 2.67. The number of para-hydroxylation sites is 1. The fourth-order valence-corrected chi connectivity index (χ4v) is 3.04.